The Morgan fingerprint density at radius 1 is 1.43 bits per heavy atom. The zero-order valence-electron chi connectivity index (χ0n) is 11.7. The SMILES string of the molecule is Cc1cc(F)c(N)cc1S(=O)(=O)N1CCCC(C(N)=O)C1. The summed E-state index contributed by atoms with van der Waals surface area (Å²) in [6.07, 6.45) is 1.13. The molecule has 4 N–H and O–H groups in total. The van der Waals surface area contributed by atoms with Gasteiger partial charge in [-0.25, -0.2) is 12.8 Å². The molecular formula is C13H18FN3O3S. The summed E-state index contributed by atoms with van der Waals surface area (Å²) in [5.74, 6) is -1.66. The van der Waals surface area contributed by atoms with E-state index in [-0.39, 0.29) is 22.7 Å². The van der Waals surface area contributed by atoms with E-state index in [0.717, 1.165) is 12.1 Å². The Labute approximate surface area is 123 Å². The molecule has 2 rings (SSSR count). The smallest absolute Gasteiger partial charge is 0.243 e. The minimum Gasteiger partial charge on any atom is -0.396 e. The lowest BCUT2D eigenvalue weighted by Crippen LogP contribution is -2.44. The van der Waals surface area contributed by atoms with Crippen LogP contribution in [0.3, 0.4) is 0 Å². The largest absolute Gasteiger partial charge is 0.396 e. The lowest BCUT2D eigenvalue weighted by molar-refractivity contribution is -0.122. The second-order valence-electron chi connectivity index (χ2n) is 5.24. The summed E-state index contributed by atoms with van der Waals surface area (Å²) in [5.41, 5.74) is 10.8. The highest BCUT2D eigenvalue weighted by Crippen LogP contribution is 2.28. The van der Waals surface area contributed by atoms with Crippen molar-refractivity contribution in [1.29, 1.82) is 0 Å². The summed E-state index contributed by atoms with van der Waals surface area (Å²) in [5, 5.41) is 0. The molecule has 1 aromatic carbocycles. The number of nitrogens with zero attached hydrogens (tertiary/aromatic N) is 1. The van der Waals surface area contributed by atoms with E-state index in [4.69, 9.17) is 11.5 Å². The van der Waals surface area contributed by atoms with Gasteiger partial charge in [0.1, 0.15) is 5.82 Å². The number of amides is 1. The highest BCUT2D eigenvalue weighted by Gasteiger charge is 2.33. The average Bonchev–Trinajstić information content (AvgIpc) is 2.42. The third-order valence-corrected chi connectivity index (χ3v) is 5.71. The van der Waals surface area contributed by atoms with E-state index in [1.165, 1.54) is 11.2 Å². The van der Waals surface area contributed by atoms with E-state index in [9.17, 15) is 17.6 Å². The minimum atomic E-state index is -3.82. The standard InChI is InChI=1S/C13H18FN3O3S/c1-8-5-10(14)11(15)6-12(8)21(19,20)17-4-2-3-9(7-17)13(16)18/h5-6,9H,2-4,7,15H2,1H3,(H2,16,18). The van der Waals surface area contributed by atoms with Crippen LogP contribution in [0.1, 0.15) is 18.4 Å². The number of anilines is 1. The van der Waals surface area contributed by atoms with Crippen LogP contribution in [-0.4, -0.2) is 31.7 Å². The van der Waals surface area contributed by atoms with Gasteiger partial charge in [-0.05, 0) is 37.5 Å². The second kappa shape index (κ2) is 5.61. The van der Waals surface area contributed by atoms with E-state index in [2.05, 4.69) is 0 Å². The number of halogens is 1. The molecule has 1 saturated heterocycles. The van der Waals surface area contributed by atoms with Crippen molar-refractivity contribution in [2.75, 3.05) is 18.8 Å². The van der Waals surface area contributed by atoms with Gasteiger partial charge in [0.05, 0.1) is 16.5 Å². The molecule has 0 aliphatic carbocycles. The van der Waals surface area contributed by atoms with Crippen molar-refractivity contribution in [2.24, 2.45) is 11.7 Å². The predicted molar refractivity (Wildman–Crippen MR) is 76.2 cm³/mol. The molecule has 1 atom stereocenters. The first-order valence-corrected chi connectivity index (χ1v) is 8.02. The highest BCUT2D eigenvalue weighted by atomic mass is 32.2. The lowest BCUT2D eigenvalue weighted by Gasteiger charge is -2.30. The number of nitrogen functional groups attached to an aromatic ring is 1. The molecule has 8 heteroatoms. The first-order chi connectivity index (χ1) is 9.73. The minimum absolute atomic E-state index is 0.0356. The number of hydrogen-bond acceptors (Lipinski definition) is 4. The number of rotatable bonds is 3. The number of aryl methyl sites for hydroxylation is 1. The van der Waals surface area contributed by atoms with Gasteiger partial charge >= 0.3 is 0 Å². The van der Waals surface area contributed by atoms with E-state index in [0.29, 0.717) is 19.4 Å². The summed E-state index contributed by atoms with van der Waals surface area (Å²) < 4.78 is 39.8. The molecule has 0 spiro atoms. The molecule has 0 saturated carbocycles. The second-order valence-corrected chi connectivity index (χ2v) is 7.15. The molecule has 1 aliphatic rings. The molecule has 1 unspecified atom stereocenters. The number of hydrogen-bond donors (Lipinski definition) is 2. The van der Waals surface area contributed by atoms with E-state index in [1.54, 1.807) is 0 Å². The molecule has 1 amide bonds. The van der Waals surface area contributed by atoms with E-state index in [1.807, 2.05) is 0 Å². The van der Waals surface area contributed by atoms with Crippen LogP contribution in [-0.2, 0) is 14.8 Å². The van der Waals surface area contributed by atoms with Gasteiger partial charge in [-0.2, -0.15) is 4.31 Å². The Hall–Kier alpha value is -1.67. The number of nitrogens with two attached hydrogens (primary N) is 2. The number of benzene rings is 1. The van der Waals surface area contributed by atoms with Crippen LogP contribution < -0.4 is 11.5 Å². The Balaban J connectivity index is 2.38. The van der Waals surface area contributed by atoms with Crippen LogP contribution in [0, 0.1) is 18.7 Å². The summed E-state index contributed by atoms with van der Waals surface area (Å²) in [4.78, 5) is 11.2. The summed E-state index contributed by atoms with van der Waals surface area (Å²) in [7, 11) is -3.82. The highest BCUT2D eigenvalue weighted by molar-refractivity contribution is 7.89. The topological polar surface area (TPSA) is 106 Å². The first-order valence-electron chi connectivity index (χ1n) is 6.58. The van der Waals surface area contributed by atoms with Crippen molar-refractivity contribution in [1.82, 2.24) is 4.31 Å². The molecule has 1 aliphatic heterocycles. The van der Waals surface area contributed by atoms with Crippen LogP contribution >= 0.6 is 0 Å². The van der Waals surface area contributed by atoms with Gasteiger partial charge in [-0.15, -0.1) is 0 Å². The summed E-state index contributed by atoms with van der Waals surface area (Å²) >= 11 is 0. The van der Waals surface area contributed by atoms with Gasteiger partial charge in [0.15, 0.2) is 0 Å². The number of carbonyl (C=O) groups is 1. The maximum absolute atomic E-state index is 13.4. The molecule has 116 valence electrons. The maximum Gasteiger partial charge on any atom is 0.243 e. The Kier molecular flexibility index (Phi) is 4.20. The van der Waals surface area contributed by atoms with Crippen molar-refractivity contribution in [3.8, 4) is 0 Å². The zero-order valence-corrected chi connectivity index (χ0v) is 12.5. The van der Waals surface area contributed by atoms with Crippen LogP contribution in [0.5, 0.6) is 0 Å². The van der Waals surface area contributed by atoms with Gasteiger partial charge in [-0.3, -0.25) is 4.79 Å². The van der Waals surface area contributed by atoms with Gasteiger partial charge < -0.3 is 11.5 Å². The normalized spacial score (nSPS) is 20.4. The third kappa shape index (κ3) is 3.01. The van der Waals surface area contributed by atoms with Crippen molar-refractivity contribution in [3.63, 3.8) is 0 Å². The van der Waals surface area contributed by atoms with Crippen molar-refractivity contribution in [3.05, 3.63) is 23.5 Å². The van der Waals surface area contributed by atoms with Gasteiger partial charge in [0, 0.05) is 13.1 Å². The van der Waals surface area contributed by atoms with Crippen LogP contribution in [0.4, 0.5) is 10.1 Å². The lowest BCUT2D eigenvalue weighted by atomic mass is 9.99. The predicted octanol–water partition coefficient (Wildman–Crippen LogP) is 0.602. The molecular weight excluding hydrogens is 297 g/mol. The van der Waals surface area contributed by atoms with Crippen LogP contribution in [0.2, 0.25) is 0 Å². The van der Waals surface area contributed by atoms with E-state index >= 15 is 0 Å². The molecule has 1 fully saturated rings. The molecule has 0 bridgehead atoms. The number of piperidine rings is 1. The number of carbonyl (C=O) groups excluding carboxylic acids is 1. The molecule has 0 aromatic heterocycles. The van der Waals surface area contributed by atoms with Crippen LogP contribution in [0.15, 0.2) is 17.0 Å². The molecule has 0 radical (unpaired) electrons. The quantitative estimate of drug-likeness (QED) is 0.797. The summed E-state index contributed by atoms with van der Waals surface area (Å²) in [6.45, 7) is 1.86. The Morgan fingerprint density at radius 3 is 2.71 bits per heavy atom. The number of sulfonamides is 1. The van der Waals surface area contributed by atoms with Gasteiger partial charge in [-0.1, -0.05) is 0 Å². The van der Waals surface area contributed by atoms with Gasteiger partial charge in [0.2, 0.25) is 15.9 Å². The number of primary amides is 1. The Bertz CT molecular complexity index is 675. The van der Waals surface area contributed by atoms with Crippen molar-refractivity contribution < 1.29 is 17.6 Å². The fraction of sp³-hybridized carbons (Fsp3) is 0.462. The molecule has 1 aromatic rings. The monoisotopic (exact) mass is 315 g/mol. The zero-order chi connectivity index (χ0) is 15.8. The Morgan fingerprint density at radius 2 is 2.10 bits per heavy atom. The fourth-order valence-electron chi connectivity index (χ4n) is 2.48. The first kappa shape index (κ1) is 15.7. The fourth-order valence-corrected chi connectivity index (χ4v) is 4.24. The molecule has 1 heterocycles. The average molecular weight is 315 g/mol. The molecule has 6 nitrogen and oxygen atoms in total. The third-order valence-electron chi connectivity index (χ3n) is 3.70. The van der Waals surface area contributed by atoms with Crippen LogP contribution in [0.25, 0.3) is 0 Å². The van der Waals surface area contributed by atoms with Crippen molar-refractivity contribution in [2.45, 2.75) is 24.7 Å². The molecule has 21 heavy (non-hydrogen) atoms. The maximum atomic E-state index is 13.4. The van der Waals surface area contributed by atoms with Crippen molar-refractivity contribution >= 4 is 21.6 Å². The van der Waals surface area contributed by atoms with Gasteiger partial charge in [0.25, 0.3) is 0 Å². The summed E-state index contributed by atoms with van der Waals surface area (Å²) in [6, 6.07) is 2.21. The van der Waals surface area contributed by atoms with E-state index < -0.39 is 27.7 Å².